The van der Waals surface area contributed by atoms with E-state index in [2.05, 4.69) is 28.8 Å². The second-order valence-electron chi connectivity index (χ2n) is 7.06. The van der Waals surface area contributed by atoms with Gasteiger partial charge in [0.2, 0.25) is 15.9 Å². The first-order valence-corrected chi connectivity index (χ1v) is 10.4. The molecule has 7 heteroatoms. The number of hydrogen-bond donors (Lipinski definition) is 2. The van der Waals surface area contributed by atoms with E-state index in [4.69, 9.17) is 0 Å². The number of sulfonamides is 1. The summed E-state index contributed by atoms with van der Waals surface area (Å²) in [7, 11) is -3.48. The maximum atomic E-state index is 12.4. The van der Waals surface area contributed by atoms with Crippen LogP contribution in [0.5, 0.6) is 0 Å². The molecular formula is C18H29N3O3S. The first-order valence-electron chi connectivity index (χ1n) is 8.88. The largest absolute Gasteiger partial charge is 0.354 e. The van der Waals surface area contributed by atoms with E-state index in [1.807, 2.05) is 6.92 Å². The smallest absolute Gasteiger partial charge is 0.240 e. The van der Waals surface area contributed by atoms with Crippen LogP contribution in [-0.2, 0) is 14.8 Å². The van der Waals surface area contributed by atoms with E-state index >= 15 is 0 Å². The zero-order valence-corrected chi connectivity index (χ0v) is 16.1. The van der Waals surface area contributed by atoms with Crippen LogP contribution in [0.25, 0.3) is 0 Å². The fourth-order valence-corrected chi connectivity index (χ4v) is 4.24. The van der Waals surface area contributed by atoms with Crippen molar-refractivity contribution in [3.05, 3.63) is 30.3 Å². The monoisotopic (exact) mass is 367 g/mol. The summed E-state index contributed by atoms with van der Waals surface area (Å²) < 4.78 is 27.6. The first kappa shape index (κ1) is 19.9. The molecule has 0 radical (unpaired) electrons. The summed E-state index contributed by atoms with van der Waals surface area (Å²) in [4.78, 5) is 14.6. The van der Waals surface area contributed by atoms with Gasteiger partial charge in [0.1, 0.15) is 0 Å². The molecule has 1 unspecified atom stereocenters. The molecule has 2 rings (SSSR count). The highest BCUT2D eigenvalue weighted by Gasteiger charge is 2.28. The molecule has 2 N–H and O–H groups in total. The zero-order valence-electron chi connectivity index (χ0n) is 15.2. The lowest BCUT2D eigenvalue weighted by Gasteiger charge is -2.35. The summed E-state index contributed by atoms with van der Waals surface area (Å²) in [6, 6.07) is 8.14. The number of nitrogens with one attached hydrogen (secondary N) is 2. The van der Waals surface area contributed by atoms with Gasteiger partial charge in [0.15, 0.2) is 0 Å². The Morgan fingerprint density at radius 2 is 1.76 bits per heavy atom. The standard InChI is InChI=1S/C18H29N3O3S/c1-14(2)13-19-18(22)15(3)21-11-9-16(10-12-21)20-25(23,24)17-7-5-4-6-8-17/h4-8,14-16,20H,9-13H2,1-3H3,(H,19,22). The molecule has 1 aromatic carbocycles. The predicted octanol–water partition coefficient (Wildman–Crippen LogP) is 1.59. The third-order valence-corrected chi connectivity index (χ3v) is 6.05. The van der Waals surface area contributed by atoms with Gasteiger partial charge in [0, 0.05) is 25.7 Å². The molecule has 1 atom stereocenters. The Kier molecular flexibility index (Phi) is 6.98. The van der Waals surface area contributed by atoms with Crippen LogP contribution < -0.4 is 10.0 Å². The van der Waals surface area contributed by atoms with Gasteiger partial charge in [-0.2, -0.15) is 0 Å². The van der Waals surface area contributed by atoms with E-state index in [1.165, 1.54) is 0 Å². The number of amides is 1. The average Bonchev–Trinajstić information content (AvgIpc) is 2.60. The average molecular weight is 368 g/mol. The van der Waals surface area contributed by atoms with Gasteiger partial charge in [-0.05, 0) is 37.8 Å². The molecule has 0 bridgehead atoms. The SMILES string of the molecule is CC(C)CNC(=O)C(C)N1CCC(NS(=O)(=O)c2ccccc2)CC1. The highest BCUT2D eigenvalue weighted by molar-refractivity contribution is 7.89. The molecule has 0 aliphatic carbocycles. The van der Waals surface area contributed by atoms with Gasteiger partial charge in [0.25, 0.3) is 0 Å². The molecule has 0 spiro atoms. The summed E-state index contributed by atoms with van der Waals surface area (Å²) in [6.07, 6.45) is 1.40. The number of hydrogen-bond acceptors (Lipinski definition) is 4. The van der Waals surface area contributed by atoms with Gasteiger partial charge < -0.3 is 5.32 Å². The van der Waals surface area contributed by atoms with Gasteiger partial charge in [0.05, 0.1) is 10.9 Å². The number of piperidine rings is 1. The minimum atomic E-state index is -3.48. The molecule has 140 valence electrons. The minimum absolute atomic E-state index is 0.0389. The predicted molar refractivity (Wildman–Crippen MR) is 98.7 cm³/mol. The zero-order chi connectivity index (χ0) is 18.4. The topological polar surface area (TPSA) is 78.5 Å². The molecule has 1 fully saturated rings. The highest BCUT2D eigenvalue weighted by Crippen LogP contribution is 2.16. The van der Waals surface area contributed by atoms with Crippen molar-refractivity contribution < 1.29 is 13.2 Å². The molecule has 1 heterocycles. The Bertz CT molecular complexity index is 653. The molecule has 1 amide bonds. The molecule has 25 heavy (non-hydrogen) atoms. The van der Waals surface area contributed by atoms with Crippen molar-refractivity contribution in [3.63, 3.8) is 0 Å². The Balaban J connectivity index is 1.84. The normalized spacial score (nSPS) is 18.2. The van der Waals surface area contributed by atoms with Crippen LogP contribution in [0.1, 0.15) is 33.6 Å². The lowest BCUT2D eigenvalue weighted by Crippen LogP contribution is -2.52. The van der Waals surface area contributed by atoms with Crippen LogP contribution in [0.2, 0.25) is 0 Å². The number of carbonyl (C=O) groups excluding carboxylic acids is 1. The quantitative estimate of drug-likeness (QED) is 0.767. The van der Waals surface area contributed by atoms with Crippen molar-refractivity contribution in [2.24, 2.45) is 5.92 Å². The molecule has 6 nitrogen and oxygen atoms in total. The van der Waals surface area contributed by atoms with Gasteiger partial charge >= 0.3 is 0 Å². The third kappa shape index (κ3) is 5.80. The van der Waals surface area contributed by atoms with Crippen molar-refractivity contribution in [1.82, 2.24) is 14.9 Å². The van der Waals surface area contributed by atoms with E-state index in [1.54, 1.807) is 30.3 Å². The maximum Gasteiger partial charge on any atom is 0.240 e. The lowest BCUT2D eigenvalue weighted by atomic mass is 10.0. The summed E-state index contributed by atoms with van der Waals surface area (Å²) in [5.41, 5.74) is 0. The van der Waals surface area contributed by atoms with Gasteiger partial charge in [-0.25, -0.2) is 13.1 Å². The summed E-state index contributed by atoms with van der Waals surface area (Å²) >= 11 is 0. The van der Waals surface area contributed by atoms with Crippen molar-refractivity contribution in [2.75, 3.05) is 19.6 Å². The molecule has 0 aromatic heterocycles. The molecule has 1 aliphatic rings. The van der Waals surface area contributed by atoms with Crippen LogP contribution >= 0.6 is 0 Å². The molecule has 0 saturated carbocycles. The number of benzene rings is 1. The van der Waals surface area contributed by atoms with Crippen molar-refractivity contribution in [2.45, 2.75) is 50.6 Å². The number of rotatable bonds is 7. The van der Waals surface area contributed by atoms with Gasteiger partial charge in [-0.15, -0.1) is 0 Å². The Morgan fingerprint density at radius 1 is 1.16 bits per heavy atom. The second-order valence-corrected chi connectivity index (χ2v) is 8.77. The van der Waals surface area contributed by atoms with E-state index in [0.29, 0.717) is 43.3 Å². The fraction of sp³-hybridized carbons (Fsp3) is 0.611. The maximum absolute atomic E-state index is 12.4. The van der Waals surface area contributed by atoms with Crippen LogP contribution in [0, 0.1) is 5.92 Å². The van der Waals surface area contributed by atoms with Crippen molar-refractivity contribution in [3.8, 4) is 0 Å². The highest BCUT2D eigenvalue weighted by atomic mass is 32.2. The van der Waals surface area contributed by atoms with E-state index in [0.717, 1.165) is 0 Å². The van der Waals surface area contributed by atoms with E-state index in [-0.39, 0.29) is 18.0 Å². The molecule has 1 saturated heterocycles. The molecule has 1 aromatic rings. The molecule has 1 aliphatic heterocycles. The van der Waals surface area contributed by atoms with Gasteiger partial charge in [-0.3, -0.25) is 9.69 Å². The second kappa shape index (κ2) is 8.78. The van der Waals surface area contributed by atoms with Gasteiger partial charge in [-0.1, -0.05) is 32.0 Å². The van der Waals surface area contributed by atoms with Crippen LogP contribution in [-0.4, -0.2) is 50.9 Å². The fourth-order valence-electron chi connectivity index (χ4n) is 2.91. The summed E-state index contributed by atoms with van der Waals surface area (Å²) in [6.45, 7) is 8.13. The number of carbonyl (C=O) groups is 1. The minimum Gasteiger partial charge on any atom is -0.354 e. The Hall–Kier alpha value is -1.44. The first-order chi connectivity index (χ1) is 11.8. The van der Waals surface area contributed by atoms with E-state index in [9.17, 15) is 13.2 Å². The number of nitrogens with zero attached hydrogens (tertiary/aromatic N) is 1. The van der Waals surface area contributed by atoms with Crippen LogP contribution in [0.3, 0.4) is 0 Å². The molecular weight excluding hydrogens is 338 g/mol. The van der Waals surface area contributed by atoms with E-state index < -0.39 is 10.0 Å². The summed E-state index contributed by atoms with van der Waals surface area (Å²) in [5.74, 6) is 0.464. The van der Waals surface area contributed by atoms with Crippen LogP contribution in [0.4, 0.5) is 0 Å². The van der Waals surface area contributed by atoms with Crippen molar-refractivity contribution in [1.29, 1.82) is 0 Å². The Morgan fingerprint density at radius 3 is 2.32 bits per heavy atom. The Labute approximate surface area is 151 Å². The summed E-state index contributed by atoms with van der Waals surface area (Å²) in [5, 5.41) is 2.96. The third-order valence-electron chi connectivity index (χ3n) is 4.52. The lowest BCUT2D eigenvalue weighted by molar-refractivity contribution is -0.126. The number of likely N-dealkylation sites (tertiary alicyclic amines) is 1. The van der Waals surface area contributed by atoms with Crippen molar-refractivity contribution >= 4 is 15.9 Å². The van der Waals surface area contributed by atoms with Crippen LogP contribution in [0.15, 0.2) is 35.2 Å².